The molecular weight excluding hydrogens is 334 g/mol. The zero-order valence-electron chi connectivity index (χ0n) is 15.3. The highest BCUT2D eigenvalue weighted by atomic mass is 16.2. The first-order valence-electron chi connectivity index (χ1n) is 8.50. The summed E-state index contributed by atoms with van der Waals surface area (Å²) in [6, 6.07) is 3.42. The van der Waals surface area contributed by atoms with Gasteiger partial charge in [0.05, 0.1) is 18.2 Å². The summed E-state index contributed by atoms with van der Waals surface area (Å²) >= 11 is 0. The Balaban J connectivity index is 1.60. The van der Waals surface area contributed by atoms with Gasteiger partial charge in [-0.15, -0.1) is 5.10 Å². The summed E-state index contributed by atoms with van der Waals surface area (Å²) in [6.45, 7) is 4.29. The summed E-state index contributed by atoms with van der Waals surface area (Å²) in [6.07, 6.45) is 3.14. The van der Waals surface area contributed by atoms with E-state index in [-0.39, 0.29) is 18.0 Å². The first-order chi connectivity index (χ1) is 12.4. The molecule has 3 heterocycles. The smallest absolute Gasteiger partial charge is 0.253 e. The van der Waals surface area contributed by atoms with Crippen LogP contribution < -0.4 is 15.4 Å². The Bertz CT molecular complexity index is 841. The zero-order valence-corrected chi connectivity index (χ0v) is 15.3. The molecule has 9 heteroatoms. The van der Waals surface area contributed by atoms with Crippen molar-refractivity contribution < 1.29 is 4.79 Å². The number of amides is 1. The van der Waals surface area contributed by atoms with Gasteiger partial charge in [0.2, 0.25) is 5.91 Å². The molecule has 26 heavy (non-hydrogen) atoms. The van der Waals surface area contributed by atoms with Gasteiger partial charge in [-0.2, -0.15) is 5.10 Å². The van der Waals surface area contributed by atoms with Gasteiger partial charge in [0.15, 0.2) is 5.82 Å². The van der Waals surface area contributed by atoms with Gasteiger partial charge in [0.1, 0.15) is 6.54 Å². The van der Waals surface area contributed by atoms with Gasteiger partial charge in [-0.3, -0.25) is 14.2 Å². The van der Waals surface area contributed by atoms with Crippen LogP contribution >= 0.6 is 0 Å². The number of carbonyl (C=O) groups is 1. The monoisotopic (exact) mass is 357 g/mol. The van der Waals surface area contributed by atoms with Gasteiger partial charge in [0, 0.05) is 58.1 Å². The van der Waals surface area contributed by atoms with E-state index in [4.69, 9.17) is 0 Å². The maximum absolute atomic E-state index is 12.5. The van der Waals surface area contributed by atoms with Crippen LogP contribution in [0.2, 0.25) is 0 Å². The molecule has 0 radical (unpaired) electrons. The van der Waals surface area contributed by atoms with E-state index in [1.165, 1.54) is 17.0 Å². The molecule has 0 aliphatic carbocycles. The lowest BCUT2D eigenvalue weighted by atomic mass is 10.3. The summed E-state index contributed by atoms with van der Waals surface area (Å²) in [7, 11) is 3.92. The summed E-state index contributed by atoms with van der Waals surface area (Å²) in [4.78, 5) is 34.3. The maximum Gasteiger partial charge on any atom is 0.253 e. The van der Waals surface area contributed by atoms with Crippen molar-refractivity contribution >= 4 is 17.4 Å². The van der Waals surface area contributed by atoms with Crippen LogP contribution in [0.25, 0.3) is 0 Å². The Morgan fingerprint density at radius 2 is 1.92 bits per heavy atom. The molecule has 0 bridgehead atoms. The molecule has 0 spiro atoms. The number of piperazine rings is 1. The fraction of sp³-hybridized carbons (Fsp3) is 0.471. The van der Waals surface area contributed by atoms with Crippen LogP contribution in [0.5, 0.6) is 0 Å². The minimum Gasteiger partial charge on any atom is -0.376 e. The Morgan fingerprint density at radius 1 is 1.19 bits per heavy atom. The molecule has 0 saturated carbocycles. The van der Waals surface area contributed by atoms with Crippen molar-refractivity contribution in [1.29, 1.82) is 0 Å². The fourth-order valence-electron chi connectivity index (χ4n) is 2.81. The van der Waals surface area contributed by atoms with Crippen molar-refractivity contribution in [3.8, 4) is 0 Å². The second kappa shape index (κ2) is 7.51. The average molecular weight is 357 g/mol. The van der Waals surface area contributed by atoms with Crippen LogP contribution in [0.1, 0.15) is 5.69 Å². The molecule has 0 N–H and O–H groups in total. The van der Waals surface area contributed by atoms with Gasteiger partial charge in [-0.25, -0.2) is 4.98 Å². The summed E-state index contributed by atoms with van der Waals surface area (Å²) in [5.41, 5.74) is 1.42. The molecule has 0 atom stereocenters. The number of hydrogen-bond acceptors (Lipinski definition) is 7. The Hall–Kier alpha value is -2.97. The van der Waals surface area contributed by atoms with Gasteiger partial charge in [0.25, 0.3) is 5.56 Å². The standard InChI is InChI=1S/C17H23N7O2/c1-13-8-16(25)24(12-18-13)11-17(26)23-6-4-22(5-7-23)15-9-14(21(2)3)10-19-20-15/h8-10,12H,4-7,11H2,1-3H3. The molecule has 1 amide bonds. The van der Waals surface area contributed by atoms with E-state index in [1.54, 1.807) is 18.0 Å². The van der Waals surface area contributed by atoms with Gasteiger partial charge >= 0.3 is 0 Å². The highest BCUT2D eigenvalue weighted by Crippen LogP contribution is 2.18. The van der Waals surface area contributed by atoms with Crippen LogP contribution in [-0.4, -0.2) is 70.8 Å². The average Bonchev–Trinajstić information content (AvgIpc) is 2.64. The van der Waals surface area contributed by atoms with Gasteiger partial charge in [-0.05, 0) is 6.92 Å². The normalized spacial score (nSPS) is 14.4. The summed E-state index contributed by atoms with van der Waals surface area (Å²) in [5.74, 6) is 0.729. The second-order valence-electron chi connectivity index (χ2n) is 6.53. The molecule has 1 aliphatic rings. The third kappa shape index (κ3) is 3.98. The van der Waals surface area contributed by atoms with Crippen LogP contribution in [-0.2, 0) is 11.3 Å². The molecule has 138 valence electrons. The lowest BCUT2D eigenvalue weighted by Gasteiger charge is -2.35. The van der Waals surface area contributed by atoms with Crippen molar-refractivity contribution in [2.45, 2.75) is 13.5 Å². The first-order valence-corrected chi connectivity index (χ1v) is 8.50. The first kappa shape index (κ1) is 17.8. The number of rotatable bonds is 4. The summed E-state index contributed by atoms with van der Waals surface area (Å²) in [5, 5.41) is 8.24. The predicted octanol–water partition coefficient (Wildman–Crippen LogP) is -0.243. The maximum atomic E-state index is 12.5. The molecule has 3 rings (SSSR count). The van der Waals surface area contributed by atoms with E-state index in [9.17, 15) is 9.59 Å². The van der Waals surface area contributed by atoms with Crippen LogP contribution in [0.4, 0.5) is 11.5 Å². The number of hydrogen-bond donors (Lipinski definition) is 0. The van der Waals surface area contributed by atoms with Gasteiger partial charge < -0.3 is 14.7 Å². The quantitative estimate of drug-likeness (QED) is 0.746. The Labute approximate surface area is 151 Å². The highest BCUT2D eigenvalue weighted by molar-refractivity contribution is 5.76. The number of anilines is 2. The summed E-state index contributed by atoms with van der Waals surface area (Å²) < 4.78 is 1.34. The van der Waals surface area contributed by atoms with Crippen molar-refractivity contribution in [1.82, 2.24) is 24.6 Å². The second-order valence-corrected chi connectivity index (χ2v) is 6.53. The number of aromatic nitrogens is 4. The van der Waals surface area contributed by atoms with E-state index in [0.29, 0.717) is 31.9 Å². The van der Waals surface area contributed by atoms with Crippen molar-refractivity contribution in [3.63, 3.8) is 0 Å². The van der Waals surface area contributed by atoms with E-state index < -0.39 is 0 Å². The molecule has 1 saturated heterocycles. The molecule has 0 unspecified atom stereocenters. The third-order valence-electron chi connectivity index (χ3n) is 4.42. The van der Waals surface area contributed by atoms with Crippen molar-refractivity contribution in [2.75, 3.05) is 50.1 Å². The molecule has 9 nitrogen and oxygen atoms in total. The van der Waals surface area contributed by atoms with E-state index in [1.807, 2.05) is 25.1 Å². The third-order valence-corrected chi connectivity index (χ3v) is 4.42. The van der Waals surface area contributed by atoms with E-state index in [0.717, 1.165) is 11.5 Å². The SMILES string of the molecule is Cc1cc(=O)n(CC(=O)N2CCN(c3cc(N(C)C)cnn3)CC2)cn1. The number of nitrogens with zero attached hydrogens (tertiary/aromatic N) is 7. The molecule has 1 aliphatic heterocycles. The van der Waals surface area contributed by atoms with Crippen molar-refractivity contribution in [3.05, 3.63) is 40.7 Å². The lowest BCUT2D eigenvalue weighted by Crippen LogP contribution is -2.50. The number of aryl methyl sites for hydroxylation is 1. The molecule has 0 aromatic carbocycles. The topological polar surface area (TPSA) is 87.5 Å². The number of carbonyl (C=O) groups excluding carboxylic acids is 1. The van der Waals surface area contributed by atoms with Crippen LogP contribution in [0.3, 0.4) is 0 Å². The van der Waals surface area contributed by atoms with E-state index >= 15 is 0 Å². The molecular formula is C17H23N7O2. The Morgan fingerprint density at radius 3 is 2.58 bits per heavy atom. The largest absolute Gasteiger partial charge is 0.376 e. The molecule has 1 fully saturated rings. The molecule has 2 aromatic heterocycles. The zero-order chi connectivity index (χ0) is 18.7. The van der Waals surface area contributed by atoms with Crippen LogP contribution in [0, 0.1) is 6.92 Å². The van der Waals surface area contributed by atoms with Crippen molar-refractivity contribution in [2.24, 2.45) is 0 Å². The predicted molar refractivity (Wildman–Crippen MR) is 98.4 cm³/mol. The minimum atomic E-state index is -0.208. The minimum absolute atomic E-state index is 0.0159. The Kier molecular flexibility index (Phi) is 5.15. The van der Waals surface area contributed by atoms with E-state index in [2.05, 4.69) is 20.1 Å². The van der Waals surface area contributed by atoms with Gasteiger partial charge in [-0.1, -0.05) is 0 Å². The fourth-order valence-corrected chi connectivity index (χ4v) is 2.81. The van der Waals surface area contributed by atoms with Crippen LogP contribution in [0.15, 0.2) is 29.5 Å². The molecule has 2 aromatic rings. The highest BCUT2D eigenvalue weighted by Gasteiger charge is 2.22. The lowest BCUT2D eigenvalue weighted by molar-refractivity contribution is -0.132.